The Hall–Kier alpha value is -2.71. The summed E-state index contributed by atoms with van der Waals surface area (Å²) >= 11 is 0. The minimum absolute atomic E-state index is 0.0785. The van der Waals surface area contributed by atoms with Gasteiger partial charge in [0.1, 0.15) is 5.75 Å². The smallest absolute Gasteiger partial charge is 0.263 e. The minimum atomic E-state index is -3.56. The third-order valence-electron chi connectivity index (χ3n) is 4.83. The number of rotatable bonds is 6. The second kappa shape index (κ2) is 8.75. The van der Waals surface area contributed by atoms with E-state index in [1.165, 1.54) is 11.2 Å². The molecule has 0 radical (unpaired) electrons. The van der Waals surface area contributed by atoms with E-state index in [1.807, 2.05) is 0 Å². The van der Waals surface area contributed by atoms with Crippen LogP contribution >= 0.6 is 0 Å². The quantitative estimate of drug-likeness (QED) is 0.674. The molecule has 1 saturated heterocycles. The number of Topliss-reactive ketones (excluding diaryl/α,β-unsaturated/α-hetero) is 1. The number of hydrogen-bond acceptors (Lipinski definition) is 5. The first kappa shape index (κ1) is 21.0. The van der Waals surface area contributed by atoms with Gasteiger partial charge in [0.05, 0.1) is 4.90 Å². The molecular weight excluding hydrogens is 392 g/mol. The summed E-state index contributed by atoms with van der Waals surface area (Å²) in [6.07, 6.45) is -0.741. The normalized spacial score (nSPS) is 16.3. The van der Waals surface area contributed by atoms with Gasteiger partial charge >= 0.3 is 0 Å². The Morgan fingerprint density at radius 2 is 1.62 bits per heavy atom. The Kier molecular flexibility index (Phi) is 6.34. The number of carbonyl (C=O) groups excluding carboxylic acids is 2. The number of ether oxygens (including phenoxy) is 1. The second-order valence-electron chi connectivity index (χ2n) is 6.89. The fourth-order valence-corrected chi connectivity index (χ4v) is 4.63. The van der Waals surface area contributed by atoms with E-state index in [-0.39, 0.29) is 29.7 Å². The van der Waals surface area contributed by atoms with Crippen molar-refractivity contribution in [2.24, 2.45) is 0 Å². The largest absolute Gasteiger partial charge is 0.481 e. The Balaban J connectivity index is 1.60. The van der Waals surface area contributed by atoms with Gasteiger partial charge in [0, 0.05) is 31.7 Å². The number of benzene rings is 2. The lowest BCUT2D eigenvalue weighted by Gasteiger charge is -2.35. The first-order chi connectivity index (χ1) is 13.8. The Morgan fingerprint density at radius 3 is 2.24 bits per heavy atom. The molecule has 7 nitrogen and oxygen atoms in total. The van der Waals surface area contributed by atoms with Gasteiger partial charge in [-0.15, -0.1) is 0 Å². The van der Waals surface area contributed by atoms with E-state index in [9.17, 15) is 18.0 Å². The Bertz CT molecular complexity index is 983. The van der Waals surface area contributed by atoms with Crippen molar-refractivity contribution in [1.29, 1.82) is 0 Å². The minimum Gasteiger partial charge on any atom is -0.481 e. The van der Waals surface area contributed by atoms with Gasteiger partial charge in [-0.1, -0.05) is 30.3 Å². The topological polar surface area (TPSA) is 84.0 Å². The van der Waals surface area contributed by atoms with E-state index >= 15 is 0 Å². The zero-order valence-corrected chi connectivity index (χ0v) is 17.3. The highest BCUT2D eigenvalue weighted by Gasteiger charge is 2.31. The molecular formula is C21H24N2O5S. The standard InChI is InChI=1S/C21H24N2O5S/c1-16(24)18-7-6-8-19(15-18)28-17(2)21(25)22-11-13-23(14-12-22)29(26,27)20-9-4-3-5-10-20/h3-10,15,17H,11-14H2,1-2H3/t17-/m0/s1. The second-order valence-corrected chi connectivity index (χ2v) is 8.82. The van der Waals surface area contributed by atoms with Crippen LogP contribution in [0.3, 0.4) is 0 Å². The van der Waals surface area contributed by atoms with E-state index in [0.29, 0.717) is 24.4 Å². The van der Waals surface area contributed by atoms with Crippen LogP contribution in [0.4, 0.5) is 0 Å². The first-order valence-corrected chi connectivity index (χ1v) is 10.8. The fourth-order valence-electron chi connectivity index (χ4n) is 3.19. The maximum absolute atomic E-state index is 12.7. The van der Waals surface area contributed by atoms with Gasteiger partial charge < -0.3 is 9.64 Å². The molecule has 0 aromatic heterocycles. The third-order valence-corrected chi connectivity index (χ3v) is 6.75. The van der Waals surface area contributed by atoms with Crippen molar-refractivity contribution in [1.82, 2.24) is 9.21 Å². The summed E-state index contributed by atoms with van der Waals surface area (Å²) in [5.41, 5.74) is 0.516. The van der Waals surface area contributed by atoms with Crippen LogP contribution in [0.2, 0.25) is 0 Å². The SMILES string of the molecule is CC(=O)c1cccc(O[C@@H](C)C(=O)N2CCN(S(=O)(=O)c3ccccc3)CC2)c1. The summed E-state index contributed by atoms with van der Waals surface area (Å²) in [4.78, 5) is 26.1. The monoisotopic (exact) mass is 416 g/mol. The van der Waals surface area contributed by atoms with Crippen LogP contribution in [0.5, 0.6) is 5.75 Å². The molecule has 0 spiro atoms. The van der Waals surface area contributed by atoms with E-state index in [0.717, 1.165) is 0 Å². The lowest BCUT2D eigenvalue weighted by Crippen LogP contribution is -2.53. The van der Waals surface area contributed by atoms with Crippen LogP contribution in [0, 0.1) is 0 Å². The molecule has 2 aromatic carbocycles. The number of amides is 1. The van der Waals surface area contributed by atoms with Crippen molar-refractivity contribution in [2.75, 3.05) is 26.2 Å². The van der Waals surface area contributed by atoms with Crippen LogP contribution in [0.15, 0.2) is 59.5 Å². The van der Waals surface area contributed by atoms with Gasteiger partial charge in [-0.25, -0.2) is 8.42 Å². The van der Waals surface area contributed by atoms with E-state index in [2.05, 4.69) is 0 Å². The molecule has 1 atom stereocenters. The molecule has 154 valence electrons. The third kappa shape index (κ3) is 4.83. The molecule has 2 aromatic rings. The van der Waals surface area contributed by atoms with Crippen molar-refractivity contribution < 1.29 is 22.7 Å². The van der Waals surface area contributed by atoms with Gasteiger partial charge in [0.2, 0.25) is 10.0 Å². The molecule has 1 aliphatic heterocycles. The van der Waals surface area contributed by atoms with E-state index < -0.39 is 16.1 Å². The van der Waals surface area contributed by atoms with Crippen molar-refractivity contribution in [3.63, 3.8) is 0 Å². The number of ketones is 1. The predicted octanol–water partition coefficient (Wildman–Crippen LogP) is 2.19. The zero-order chi connectivity index (χ0) is 21.0. The van der Waals surface area contributed by atoms with Crippen molar-refractivity contribution in [3.05, 3.63) is 60.2 Å². The van der Waals surface area contributed by atoms with Gasteiger partial charge in [-0.3, -0.25) is 9.59 Å². The molecule has 0 N–H and O–H groups in total. The average Bonchev–Trinajstić information content (AvgIpc) is 2.74. The number of piperazine rings is 1. The highest BCUT2D eigenvalue weighted by molar-refractivity contribution is 7.89. The average molecular weight is 416 g/mol. The number of nitrogens with zero attached hydrogens (tertiary/aromatic N) is 2. The molecule has 3 rings (SSSR count). The predicted molar refractivity (Wildman–Crippen MR) is 108 cm³/mol. The number of hydrogen-bond donors (Lipinski definition) is 0. The number of sulfonamides is 1. The van der Waals surface area contributed by atoms with Gasteiger partial charge in [-0.2, -0.15) is 4.31 Å². The summed E-state index contributed by atoms with van der Waals surface area (Å²) < 4.78 is 32.5. The molecule has 1 heterocycles. The molecule has 8 heteroatoms. The van der Waals surface area contributed by atoms with Crippen LogP contribution in [-0.2, 0) is 14.8 Å². The summed E-state index contributed by atoms with van der Waals surface area (Å²) in [5, 5.41) is 0. The van der Waals surface area contributed by atoms with Crippen molar-refractivity contribution in [2.45, 2.75) is 24.8 Å². The molecule has 0 aliphatic carbocycles. The van der Waals surface area contributed by atoms with E-state index in [4.69, 9.17) is 4.74 Å². The summed E-state index contributed by atoms with van der Waals surface area (Å²) in [6.45, 7) is 4.18. The Labute approximate surface area is 170 Å². The van der Waals surface area contributed by atoms with Gasteiger partial charge in [0.15, 0.2) is 11.9 Å². The number of carbonyl (C=O) groups is 2. The van der Waals surface area contributed by atoms with Crippen LogP contribution in [-0.4, -0.2) is 61.6 Å². The molecule has 0 bridgehead atoms. The maximum atomic E-state index is 12.7. The highest BCUT2D eigenvalue weighted by atomic mass is 32.2. The van der Waals surface area contributed by atoms with Crippen LogP contribution in [0.25, 0.3) is 0 Å². The van der Waals surface area contributed by atoms with Gasteiger partial charge in [-0.05, 0) is 38.1 Å². The molecule has 0 unspecified atom stereocenters. The summed E-state index contributed by atoms with van der Waals surface area (Å²) in [6, 6.07) is 15.0. The maximum Gasteiger partial charge on any atom is 0.263 e. The molecule has 0 saturated carbocycles. The van der Waals surface area contributed by atoms with Gasteiger partial charge in [0.25, 0.3) is 5.91 Å². The first-order valence-electron chi connectivity index (χ1n) is 9.40. The highest BCUT2D eigenvalue weighted by Crippen LogP contribution is 2.19. The van der Waals surface area contributed by atoms with E-state index in [1.54, 1.807) is 66.4 Å². The zero-order valence-electron chi connectivity index (χ0n) is 16.4. The summed E-state index contributed by atoms with van der Waals surface area (Å²) in [5.74, 6) is 0.156. The fraction of sp³-hybridized carbons (Fsp3) is 0.333. The molecule has 1 aliphatic rings. The molecule has 1 amide bonds. The van der Waals surface area contributed by atoms with Crippen molar-refractivity contribution in [3.8, 4) is 5.75 Å². The molecule has 29 heavy (non-hydrogen) atoms. The van der Waals surface area contributed by atoms with Crippen LogP contribution < -0.4 is 4.74 Å². The lowest BCUT2D eigenvalue weighted by molar-refractivity contribution is -0.139. The van der Waals surface area contributed by atoms with Crippen LogP contribution in [0.1, 0.15) is 24.2 Å². The summed E-state index contributed by atoms with van der Waals surface area (Å²) in [7, 11) is -3.56. The molecule has 1 fully saturated rings. The van der Waals surface area contributed by atoms with Crippen molar-refractivity contribution >= 4 is 21.7 Å². The Morgan fingerprint density at radius 1 is 0.966 bits per heavy atom. The lowest BCUT2D eigenvalue weighted by atomic mass is 10.1.